The zero-order valence-electron chi connectivity index (χ0n) is 79.8. The van der Waals surface area contributed by atoms with Crippen LogP contribution in [0, 0.1) is 0 Å². The fourth-order valence-electron chi connectivity index (χ4n) is 24.1. The first-order valence-corrected chi connectivity index (χ1v) is 50.9. The van der Waals surface area contributed by atoms with Crippen LogP contribution in [-0.4, -0.2) is 273 Å². The van der Waals surface area contributed by atoms with E-state index in [0.29, 0.717) is 96.5 Å². The van der Waals surface area contributed by atoms with E-state index in [2.05, 4.69) is 180 Å². The number of ketones is 1. The van der Waals surface area contributed by atoms with Crippen LogP contribution >= 0.6 is 0 Å². The third kappa shape index (κ3) is 18.3. The van der Waals surface area contributed by atoms with Crippen molar-refractivity contribution < 1.29 is 23.9 Å². The summed E-state index contributed by atoms with van der Waals surface area (Å²) in [6, 6.07) is 25.4. The SMILES string of the molecule is CC(C)N1CCN(c2ccc(Nc3ncc4cc5n(c4n3)C3(CCCCC3)CNC5=O)nc2)CC1.CN1CCN(c2ccc(Nc3ncc4cc5n(c4n3)C3(CCCCC3)CNC5=O)nc2)CC1.O=C1CCC2(CCCCC2)n2c1cc1cnc(Nc3ccc(N4CCC(N5CCOCC5)CC4)cn3)nc12.O=C1NCC2(CCCCC2)n2c1cc1cnc(Nc3ccc(N4CCNCC4)cn3)nc12. The monoisotopic (exact) mass is 1870 g/mol. The number of rotatable bonds is 14. The van der Waals surface area contributed by atoms with Gasteiger partial charge in [0.1, 0.15) is 62.9 Å². The number of anilines is 12. The minimum atomic E-state index is -0.0889. The number of piperazine rings is 3. The summed E-state index contributed by atoms with van der Waals surface area (Å²) in [5, 5.41) is 29.4. The van der Waals surface area contributed by atoms with Crippen molar-refractivity contribution in [3.63, 3.8) is 0 Å². The number of carbonyl (C=O) groups is 4. The molecule has 21 heterocycles. The predicted molar refractivity (Wildman–Crippen MR) is 536 cm³/mol. The number of fused-ring (bicyclic) bond motifs is 16. The van der Waals surface area contributed by atoms with E-state index in [-0.39, 0.29) is 45.7 Å². The van der Waals surface area contributed by atoms with Crippen molar-refractivity contribution in [2.75, 3.05) is 185 Å². The number of nitrogens with one attached hydrogen (secondary N) is 8. The van der Waals surface area contributed by atoms with E-state index in [1.807, 2.05) is 85.7 Å². The first-order valence-electron chi connectivity index (χ1n) is 50.9. The number of hydrogen-bond donors (Lipinski definition) is 8. The zero-order valence-corrected chi connectivity index (χ0v) is 79.8. The second-order valence-electron chi connectivity index (χ2n) is 40.6. The van der Waals surface area contributed by atoms with Gasteiger partial charge in [0.15, 0.2) is 5.78 Å². The third-order valence-corrected chi connectivity index (χ3v) is 31.8. The molecule has 722 valence electrons. The van der Waals surface area contributed by atoms with Crippen LogP contribution in [0.25, 0.3) is 44.1 Å². The van der Waals surface area contributed by atoms with Gasteiger partial charge in [-0.2, -0.15) is 19.9 Å². The van der Waals surface area contributed by atoms with Gasteiger partial charge in [0, 0.05) is 195 Å². The fourth-order valence-corrected chi connectivity index (χ4v) is 24.1. The van der Waals surface area contributed by atoms with E-state index in [4.69, 9.17) is 24.7 Å². The van der Waals surface area contributed by atoms with E-state index in [0.717, 1.165) is 254 Å². The summed E-state index contributed by atoms with van der Waals surface area (Å²) in [6.07, 6.45) is 42.0. The number of nitrogens with zero attached hydrogens (tertiary/aromatic N) is 23. The van der Waals surface area contributed by atoms with Gasteiger partial charge in [-0.25, -0.2) is 39.9 Å². The molecule has 0 radical (unpaired) electrons. The van der Waals surface area contributed by atoms with Gasteiger partial charge in [-0.15, -0.1) is 0 Å². The minimum Gasteiger partial charge on any atom is -0.379 e. The lowest BCUT2D eigenvalue weighted by molar-refractivity contribution is 0.0115. The Hall–Kier alpha value is -12.6. The highest BCUT2D eigenvalue weighted by atomic mass is 16.5. The van der Waals surface area contributed by atoms with Crippen molar-refractivity contribution >= 4 is 137 Å². The Kier molecular flexibility index (Phi) is 25.6. The van der Waals surface area contributed by atoms with Crippen LogP contribution in [0.4, 0.5) is 69.8 Å². The highest BCUT2D eigenvalue weighted by Gasteiger charge is 2.47. The molecule has 3 amide bonds. The molecule has 9 aliphatic heterocycles. The largest absolute Gasteiger partial charge is 0.379 e. The second kappa shape index (κ2) is 39.0. The molecule has 4 saturated carbocycles. The van der Waals surface area contributed by atoms with Gasteiger partial charge in [0.2, 0.25) is 23.8 Å². The Bertz CT molecular complexity index is 6370. The molecule has 9 fully saturated rings. The number of amides is 3. The summed E-state index contributed by atoms with van der Waals surface area (Å²) in [5.74, 6) is 5.02. The number of likely N-dealkylation sites (N-methyl/N-ethyl adjacent to an activating group) is 1. The van der Waals surface area contributed by atoms with Crippen LogP contribution in [0.2, 0.25) is 0 Å². The van der Waals surface area contributed by atoms with Crippen LogP contribution in [0.1, 0.15) is 210 Å². The first kappa shape index (κ1) is 90.5. The molecule has 0 unspecified atom stereocenters. The lowest BCUT2D eigenvalue weighted by Crippen LogP contribution is -2.52. The van der Waals surface area contributed by atoms with E-state index < -0.39 is 0 Å². The lowest BCUT2D eigenvalue weighted by atomic mass is 9.75. The predicted octanol–water partition coefficient (Wildman–Crippen LogP) is 13.1. The van der Waals surface area contributed by atoms with Crippen LogP contribution in [0.3, 0.4) is 0 Å². The number of morpholine rings is 1. The molecule has 0 atom stereocenters. The molecule has 12 aromatic heterocycles. The summed E-state index contributed by atoms with van der Waals surface area (Å²) >= 11 is 0. The molecular weight excluding hydrogens is 1740 g/mol. The van der Waals surface area contributed by atoms with Gasteiger partial charge in [-0.1, -0.05) is 77.0 Å². The van der Waals surface area contributed by atoms with Gasteiger partial charge in [0.05, 0.1) is 83.1 Å². The molecule has 0 bridgehead atoms. The van der Waals surface area contributed by atoms with Crippen LogP contribution in [-0.2, 0) is 26.9 Å². The standard InChI is InChI=1S/C29H37N7O2.C26H34N8O.C24H30N8O.C23H28N8O/c37-25-6-11-29(9-2-1-3-10-29)36-24(25)18-21-19-31-28(33-27(21)36)32-26-5-4-23(20-30-26)34-12-7-22(8-13-34)35-14-16-38-17-15-35;1-18(2)32-10-12-33(13-11-32)20-6-7-22(27-16-20)30-25-28-15-19-14-21-24(35)29-17-26(8-4-3-5-9-26)34(21)23(19)31-25;1-30-9-11-31(12-10-30)18-5-6-20(25-15-18)28-23-26-14-17-13-19-22(33)27-16-24(7-3-2-4-8-24)32(19)21(17)29-23;32-21-18-12-16-13-26-22(28-19-5-4-17(14-25-19)30-10-8-24-9-11-30)29-20(16)31(18)23(15-27-21)6-2-1-3-7-23/h4-5,18-20,22H,1-3,6-17H2,(H,30,31,32,33);6-7,14-16,18H,3-5,8-13,17H2,1-2H3,(H,29,35)(H,27,28,30,31);5-6,13-15H,2-4,7-12,16H2,1H3,(H,27,33)(H,25,26,28,29);4-5,12-14,24H,1-3,6-11,15H2,(H,27,32)(H,25,26,28,29). The molecule has 13 aliphatic rings. The Morgan fingerprint density at radius 2 is 0.681 bits per heavy atom. The molecule has 36 heteroatoms. The fraction of sp³-hybridized carbons (Fsp3) is 0.529. The Morgan fingerprint density at radius 1 is 0.355 bits per heavy atom. The number of pyridine rings is 4. The minimum absolute atomic E-state index is 0.0178. The maximum atomic E-state index is 12.8. The first-order chi connectivity index (χ1) is 67.5. The van der Waals surface area contributed by atoms with E-state index in [1.165, 1.54) is 89.9 Å². The topological polar surface area (TPSA) is 371 Å². The maximum Gasteiger partial charge on any atom is 0.268 e. The van der Waals surface area contributed by atoms with Crippen LogP contribution < -0.4 is 62.1 Å². The second-order valence-corrected chi connectivity index (χ2v) is 40.6. The van der Waals surface area contributed by atoms with Crippen molar-refractivity contribution in [2.45, 2.75) is 202 Å². The smallest absolute Gasteiger partial charge is 0.268 e. The quantitative estimate of drug-likeness (QED) is 0.0501. The molecule has 8 N–H and O–H groups in total. The van der Waals surface area contributed by atoms with Gasteiger partial charge >= 0.3 is 0 Å². The molecule has 5 saturated heterocycles. The number of hydrogen-bond acceptors (Lipinski definition) is 29. The normalized spacial score (nSPS) is 21.0. The average molecular weight is 1870 g/mol. The van der Waals surface area contributed by atoms with Crippen molar-refractivity contribution in [2.24, 2.45) is 0 Å². The average Bonchev–Trinajstić information content (AvgIpc) is 1.58. The summed E-state index contributed by atoms with van der Waals surface area (Å²) in [6.45, 7) is 24.8. The van der Waals surface area contributed by atoms with Crippen molar-refractivity contribution in [1.29, 1.82) is 0 Å². The molecule has 4 spiro atoms. The lowest BCUT2D eigenvalue weighted by Gasteiger charge is -2.42. The summed E-state index contributed by atoms with van der Waals surface area (Å²) in [7, 11) is 2.16. The Labute approximate surface area is 803 Å². The van der Waals surface area contributed by atoms with E-state index in [1.54, 1.807) is 12.4 Å². The number of piperidine rings is 1. The van der Waals surface area contributed by atoms with E-state index >= 15 is 0 Å². The summed E-state index contributed by atoms with van der Waals surface area (Å²) in [5.41, 5.74) is 10.5. The molecule has 138 heavy (non-hydrogen) atoms. The highest BCUT2D eigenvalue weighted by Crippen LogP contribution is 2.48. The highest BCUT2D eigenvalue weighted by molar-refractivity contribution is 6.02. The maximum absolute atomic E-state index is 12.8. The molecule has 25 rings (SSSR count). The number of Topliss-reactive ketones (excluding diaryl/α,β-unsaturated/α-hetero) is 1. The van der Waals surface area contributed by atoms with Gasteiger partial charge in [0.25, 0.3) is 17.7 Å². The molecule has 4 aliphatic carbocycles. The van der Waals surface area contributed by atoms with Gasteiger partial charge < -0.3 is 90.0 Å². The van der Waals surface area contributed by atoms with Gasteiger partial charge in [-0.05, 0) is 164 Å². The molecule has 36 nitrogen and oxygen atoms in total. The number of ether oxygens (including phenoxy) is 1. The molecular formula is C102H129N31O5. The van der Waals surface area contributed by atoms with Crippen molar-refractivity contribution in [1.82, 2.24) is 114 Å². The number of carbonyl (C=O) groups excluding carboxylic acids is 4. The summed E-state index contributed by atoms with van der Waals surface area (Å²) in [4.78, 5) is 124. The van der Waals surface area contributed by atoms with Crippen molar-refractivity contribution in [3.05, 3.63) is 145 Å². The zero-order chi connectivity index (χ0) is 93.5. The van der Waals surface area contributed by atoms with Crippen LogP contribution in [0.5, 0.6) is 0 Å². The van der Waals surface area contributed by atoms with Crippen LogP contribution in [0.15, 0.2) is 122 Å². The number of aromatic nitrogens is 16. The van der Waals surface area contributed by atoms with E-state index in [9.17, 15) is 19.2 Å². The Balaban J connectivity index is 0.000000106. The van der Waals surface area contributed by atoms with Crippen molar-refractivity contribution in [3.8, 4) is 0 Å². The van der Waals surface area contributed by atoms with Gasteiger partial charge in [-0.3, -0.25) is 29.0 Å². The summed E-state index contributed by atoms with van der Waals surface area (Å²) < 4.78 is 14.4. The Morgan fingerprint density at radius 3 is 1.03 bits per heavy atom. The molecule has 0 aromatic carbocycles. The third-order valence-electron chi connectivity index (χ3n) is 31.8. The molecule has 12 aromatic rings.